The second-order valence-corrected chi connectivity index (χ2v) is 4.44. The summed E-state index contributed by atoms with van der Waals surface area (Å²) >= 11 is 0. The number of hydrogen-bond acceptors (Lipinski definition) is 0. The van der Waals surface area contributed by atoms with E-state index in [1.165, 1.54) is 37.7 Å². The Balaban J connectivity index is 2.06. The lowest BCUT2D eigenvalue weighted by Crippen LogP contribution is -1.97. The Hall–Kier alpha value is -1.30. The molecule has 1 aromatic rings. The summed E-state index contributed by atoms with van der Waals surface area (Å²) in [6.07, 6.45) is 15.4. The summed E-state index contributed by atoms with van der Waals surface area (Å²) in [4.78, 5) is 0. The molecular weight excluding hydrogens is 192 g/mol. The molecule has 0 saturated heterocycles. The Kier molecular flexibility index (Phi) is 4.42. The number of rotatable bonds is 1. The van der Waals surface area contributed by atoms with Crippen molar-refractivity contribution in [3.8, 4) is 0 Å². The molecule has 0 heteroatoms. The summed E-state index contributed by atoms with van der Waals surface area (Å²) in [7, 11) is 0. The molecular formula is C16H20. The highest BCUT2D eigenvalue weighted by atomic mass is 14.1. The standard InChI is InChI=1S/C16H20/c1-2-4-7-11-15(12-8-5-3-1)16-13-9-6-10-14-16/h2,4-6,8-10,13-15H,1,3,7,11-12H2. The summed E-state index contributed by atoms with van der Waals surface area (Å²) in [6.45, 7) is 0. The van der Waals surface area contributed by atoms with Gasteiger partial charge in [-0.05, 0) is 43.6 Å². The van der Waals surface area contributed by atoms with Crippen molar-refractivity contribution in [1.82, 2.24) is 0 Å². The first-order chi connectivity index (χ1) is 7.97. The van der Waals surface area contributed by atoms with Crippen molar-refractivity contribution < 1.29 is 0 Å². The number of hydrogen-bond donors (Lipinski definition) is 0. The second kappa shape index (κ2) is 6.32. The highest BCUT2D eigenvalue weighted by Crippen LogP contribution is 2.26. The molecule has 0 fully saturated rings. The summed E-state index contributed by atoms with van der Waals surface area (Å²) in [5, 5.41) is 0. The lowest BCUT2D eigenvalue weighted by molar-refractivity contribution is 0.637. The van der Waals surface area contributed by atoms with Crippen LogP contribution in [0.3, 0.4) is 0 Å². The molecule has 0 spiro atoms. The van der Waals surface area contributed by atoms with Gasteiger partial charge < -0.3 is 0 Å². The summed E-state index contributed by atoms with van der Waals surface area (Å²) in [5.41, 5.74) is 1.49. The quantitative estimate of drug-likeness (QED) is 0.584. The largest absolute Gasteiger partial charge is 0.0885 e. The van der Waals surface area contributed by atoms with Crippen LogP contribution in [0.15, 0.2) is 54.6 Å². The molecule has 2 rings (SSSR count). The molecule has 1 aliphatic carbocycles. The van der Waals surface area contributed by atoms with Crippen molar-refractivity contribution in [3.63, 3.8) is 0 Å². The molecule has 16 heavy (non-hydrogen) atoms. The van der Waals surface area contributed by atoms with Crippen molar-refractivity contribution in [3.05, 3.63) is 60.2 Å². The molecule has 0 N–H and O–H groups in total. The first-order valence-electron chi connectivity index (χ1n) is 6.32. The molecule has 1 aromatic carbocycles. The average Bonchev–Trinajstić information content (AvgIpc) is 2.37. The number of allylic oxidation sites excluding steroid dienone is 4. The van der Waals surface area contributed by atoms with E-state index in [1.807, 2.05) is 0 Å². The van der Waals surface area contributed by atoms with Crippen LogP contribution >= 0.6 is 0 Å². The fourth-order valence-electron chi connectivity index (χ4n) is 2.25. The Morgan fingerprint density at radius 1 is 0.750 bits per heavy atom. The van der Waals surface area contributed by atoms with Gasteiger partial charge in [-0.25, -0.2) is 0 Å². The normalized spacial score (nSPS) is 21.9. The van der Waals surface area contributed by atoms with Crippen LogP contribution < -0.4 is 0 Å². The van der Waals surface area contributed by atoms with Crippen molar-refractivity contribution in [2.24, 2.45) is 0 Å². The Morgan fingerprint density at radius 2 is 1.44 bits per heavy atom. The SMILES string of the molecule is C1=CCCC(c2ccccc2)CC=CCC1. The van der Waals surface area contributed by atoms with Gasteiger partial charge in [-0.2, -0.15) is 0 Å². The first-order valence-corrected chi connectivity index (χ1v) is 6.32. The van der Waals surface area contributed by atoms with E-state index in [-0.39, 0.29) is 0 Å². The zero-order chi connectivity index (χ0) is 11.1. The van der Waals surface area contributed by atoms with Gasteiger partial charge in [-0.3, -0.25) is 0 Å². The molecule has 1 unspecified atom stereocenters. The molecule has 0 saturated carbocycles. The lowest BCUT2D eigenvalue weighted by atomic mass is 9.90. The zero-order valence-electron chi connectivity index (χ0n) is 9.81. The van der Waals surface area contributed by atoms with Crippen LogP contribution in [0.1, 0.15) is 43.6 Å². The van der Waals surface area contributed by atoms with Crippen LogP contribution in [0.2, 0.25) is 0 Å². The molecule has 0 nitrogen and oxygen atoms in total. The molecule has 1 atom stereocenters. The van der Waals surface area contributed by atoms with Gasteiger partial charge in [0.1, 0.15) is 0 Å². The van der Waals surface area contributed by atoms with E-state index < -0.39 is 0 Å². The van der Waals surface area contributed by atoms with Crippen molar-refractivity contribution >= 4 is 0 Å². The highest BCUT2D eigenvalue weighted by molar-refractivity contribution is 5.20. The minimum absolute atomic E-state index is 0.695. The van der Waals surface area contributed by atoms with Gasteiger partial charge in [0, 0.05) is 0 Å². The van der Waals surface area contributed by atoms with Crippen LogP contribution in [0.25, 0.3) is 0 Å². The molecule has 0 heterocycles. The second-order valence-electron chi connectivity index (χ2n) is 4.44. The first kappa shape index (κ1) is 11.2. The average molecular weight is 212 g/mol. The van der Waals surface area contributed by atoms with E-state index in [2.05, 4.69) is 54.6 Å². The maximum Gasteiger partial charge on any atom is -0.0124 e. The summed E-state index contributed by atoms with van der Waals surface area (Å²) in [5.74, 6) is 0.695. The number of benzene rings is 1. The van der Waals surface area contributed by atoms with E-state index in [0.29, 0.717) is 5.92 Å². The minimum Gasteiger partial charge on any atom is -0.0885 e. The Bertz CT molecular complexity index is 346. The van der Waals surface area contributed by atoms with Gasteiger partial charge in [0.15, 0.2) is 0 Å². The minimum atomic E-state index is 0.695. The Labute approximate surface area is 98.7 Å². The zero-order valence-corrected chi connectivity index (χ0v) is 9.81. The van der Waals surface area contributed by atoms with Crippen molar-refractivity contribution in [2.75, 3.05) is 0 Å². The monoisotopic (exact) mass is 212 g/mol. The molecule has 0 amide bonds. The third-order valence-electron chi connectivity index (χ3n) is 3.21. The van der Waals surface area contributed by atoms with Gasteiger partial charge in [0.25, 0.3) is 0 Å². The molecule has 0 radical (unpaired) electrons. The molecule has 0 aliphatic heterocycles. The predicted octanol–water partition coefficient (Wildman–Crippen LogP) is 4.85. The van der Waals surface area contributed by atoms with E-state index in [4.69, 9.17) is 0 Å². The van der Waals surface area contributed by atoms with Gasteiger partial charge in [-0.15, -0.1) is 0 Å². The van der Waals surface area contributed by atoms with Crippen LogP contribution in [0.4, 0.5) is 0 Å². The van der Waals surface area contributed by atoms with Crippen molar-refractivity contribution in [1.29, 1.82) is 0 Å². The fourth-order valence-corrected chi connectivity index (χ4v) is 2.25. The molecule has 1 aliphatic rings. The smallest absolute Gasteiger partial charge is 0.0124 e. The lowest BCUT2D eigenvalue weighted by Gasteiger charge is -2.15. The van der Waals surface area contributed by atoms with E-state index in [0.717, 1.165) is 0 Å². The van der Waals surface area contributed by atoms with E-state index >= 15 is 0 Å². The van der Waals surface area contributed by atoms with E-state index in [9.17, 15) is 0 Å². The van der Waals surface area contributed by atoms with Crippen LogP contribution in [-0.2, 0) is 0 Å². The third-order valence-corrected chi connectivity index (χ3v) is 3.21. The molecule has 0 aromatic heterocycles. The van der Waals surface area contributed by atoms with Gasteiger partial charge in [0.2, 0.25) is 0 Å². The molecule has 84 valence electrons. The fraction of sp³-hybridized carbons (Fsp3) is 0.375. The predicted molar refractivity (Wildman–Crippen MR) is 70.5 cm³/mol. The highest BCUT2D eigenvalue weighted by Gasteiger charge is 2.08. The van der Waals surface area contributed by atoms with Crippen LogP contribution in [0, 0.1) is 0 Å². The third kappa shape index (κ3) is 3.37. The van der Waals surface area contributed by atoms with Gasteiger partial charge >= 0.3 is 0 Å². The van der Waals surface area contributed by atoms with Crippen LogP contribution in [-0.4, -0.2) is 0 Å². The van der Waals surface area contributed by atoms with Gasteiger partial charge in [-0.1, -0.05) is 54.6 Å². The Morgan fingerprint density at radius 3 is 2.25 bits per heavy atom. The van der Waals surface area contributed by atoms with Crippen molar-refractivity contribution in [2.45, 2.75) is 38.0 Å². The molecule has 0 bridgehead atoms. The summed E-state index contributed by atoms with van der Waals surface area (Å²) in [6, 6.07) is 10.9. The summed E-state index contributed by atoms with van der Waals surface area (Å²) < 4.78 is 0. The topological polar surface area (TPSA) is 0 Å². The van der Waals surface area contributed by atoms with E-state index in [1.54, 1.807) is 0 Å². The van der Waals surface area contributed by atoms with Crippen LogP contribution in [0.5, 0.6) is 0 Å². The maximum absolute atomic E-state index is 2.36. The van der Waals surface area contributed by atoms with Gasteiger partial charge in [0.05, 0.1) is 0 Å². The maximum atomic E-state index is 2.36.